The minimum absolute atomic E-state index is 0. The number of rotatable bonds is 6. The Morgan fingerprint density at radius 2 is 1.23 bits per heavy atom. The Bertz CT molecular complexity index is 1440. The first kappa shape index (κ1) is 32.7. The van der Waals surface area contributed by atoms with Crippen LogP contribution in [0.2, 0.25) is 0 Å². The van der Waals surface area contributed by atoms with Gasteiger partial charge in [0, 0.05) is 52.1 Å². The summed E-state index contributed by atoms with van der Waals surface area (Å²) in [5.41, 5.74) is -1.19. The molecule has 5 rings (SSSR count). The molecule has 0 atom stereocenters. The van der Waals surface area contributed by atoms with Gasteiger partial charge in [-0.2, -0.15) is 26.3 Å². The molecule has 0 saturated carbocycles. The van der Waals surface area contributed by atoms with Crippen LogP contribution in [0.5, 0.6) is 0 Å². The molecule has 0 unspecified atom stereocenters. The minimum atomic E-state index is -4.74. The van der Waals surface area contributed by atoms with Crippen molar-refractivity contribution >= 4 is 18.3 Å². The molecule has 13 heteroatoms. The second-order valence-corrected chi connectivity index (χ2v) is 10.8. The number of hydrogen-bond acceptors (Lipinski definition) is 3. The molecule has 1 amide bonds. The summed E-state index contributed by atoms with van der Waals surface area (Å²) in [7, 11) is 0. The highest BCUT2D eigenvalue weighted by atomic mass is 35.5. The number of fused-ring (bicyclic) bond motifs is 1. The molecule has 232 valence electrons. The molecule has 1 fully saturated rings. The van der Waals surface area contributed by atoms with E-state index >= 15 is 0 Å². The zero-order chi connectivity index (χ0) is 30.3. The van der Waals surface area contributed by atoms with E-state index in [9.17, 15) is 39.9 Å². The molecule has 1 saturated heterocycles. The molecule has 43 heavy (non-hydrogen) atoms. The first-order valence-electron chi connectivity index (χ1n) is 13.3. The van der Waals surface area contributed by atoms with Crippen LogP contribution < -0.4 is 5.32 Å². The maximum absolute atomic E-state index is 13.9. The maximum Gasteiger partial charge on any atom is 0.416 e. The number of benzene rings is 3. The number of carbonyl (C=O) groups excluding carboxylic acids is 1. The predicted molar refractivity (Wildman–Crippen MR) is 145 cm³/mol. The van der Waals surface area contributed by atoms with Crippen molar-refractivity contribution in [2.75, 3.05) is 26.2 Å². The normalized spacial score (nSPS) is 17.3. The largest absolute Gasteiger partial charge is 0.416 e. The topological polar surface area (TPSA) is 35.6 Å². The molecule has 4 nitrogen and oxygen atoms in total. The third-order valence-electron chi connectivity index (χ3n) is 7.91. The van der Waals surface area contributed by atoms with E-state index in [0.29, 0.717) is 51.2 Å². The van der Waals surface area contributed by atoms with Crippen LogP contribution >= 0.6 is 12.4 Å². The van der Waals surface area contributed by atoms with E-state index in [1.165, 1.54) is 0 Å². The summed E-state index contributed by atoms with van der Waals surface area (Å²) in [4.78, 5) is 17.6. The van der Waals surface area contributed by atoms with Crippen LogP contribution in [0.1, 0.15) is 33.4 Å². The van der Waals surface area contributed by atoms with E-state index in [2.05, 4.69) is 5.32 Å². The van der Waals surface area contributed by atoms with Crippen molar-refractivity contribution in [2.45, 2.75) is 43.8 Å². The monoisotopic (exact) mass is 633 g/mol. The molecule has 1 aliphatic heterocycles. The van der Waals surface area contributed by atoms with Crippen LogP contribution in [-0.2, 0) is 43.1 Å². The molecule has 1 aliphatic carbocycles. The van der Waals surface area contributed by atoms with Gasteiger partial charge in [-0.1, -0.05) is 24.3 Å². The molecule has 1 N–H and O–H groups in total. The number of piperazine rings is 1. The van der Waals surface area contributed by atoms with Crippen molar-refractivity contribution < 1.29 is 39.9 Å². The first-order chi connectivity index (χ1) is 19.7. The van der Waals surface area contributed by atoms with Crippen LogP contribution in [0.25, 0.3) is 0 Å². The van der Waals surface area contributed by atoms with Crippen LogP contribution in [0.15, 0.2) is 60.7 Å². The Labute approximate surface area is 249 Å². The second kappa shape index (κ2) is 12.4. The molecule has 2 aliphatic rings. The van der Waals surface area contributed by atoms with Gasteiger partial charge in [-0.3, -0.25) is 14.6 Å². The third kappa shape index (κ3) is 7.30. The average molecular weight is 634 g/mol. The van der Waals surface area contributed by atoms with Crippen LogP contribution in [0, 0.1) is 11.6 Å². The van der Waals surface area contributed by atoms with Gasteiger partial charge in [-0.15, -0.1) is 12.4 Å². The fourth-order valence-electron chi connectivity index (χ4n) is 5.88. The molecule has 0 radical (unpaired) electrons. The van der Waals surface area contributed by atoms with Gasteiger partial charge in [-0.25, -0.2) is 8.78 Å². The van der Waals surface area contributed by atoms with Gasteiger partial charge in [0.2, 0.25) is 5.91 Å². The molecule has 0 aromatic heterocycles. The number of halogens is 9. The molecule has 3 aromatic carbocycles. The molecular formula is C30H28ClF8N3O. The predicted octanol–water partition coefficient (Wildman–Crippen LogP) is 6.40. The summed E-state index contributed by atoms with van der Waals surface area (Å²) in [5.74, 6) is -2.45. The fourth-order valence-corrected chi connectivity index (χ4v) is 5.88. The fraction of sp³-hybridized carbons (Fsp3) is 0.367. The standard InChI is InChI=1S/C30H27F8N3O.ClH/c31-25-11-19(9-23(13-25)29(33,34)35)17-39-27(42)28(15-21-3-1-2-4-22(21)16-28)41-7-5-40(6-8-41)18-20-10-24(30(36,37)38)14-26(32)12-20;/h1-4,9-14H,5-8,15-18H2,(H,39,42);1H. The number of amides is 1. The van der Waals surface area contributed by atoms with Gasteiger partial charge in [-0.05, 0) is 58.7 Å². The Hall–Kier alpha value is -3.22. The highest BCUT2D eigenvalue weighted by Gasteiger charge is 2.49. The van der Waals surface area contributed by atoms with Crippen molar-refractivity contribution in [2.24, 2.45) is 0 Å². The smallest absolute Gasteiger partial charge is 0.350 e. The zero-order valence-corrected chi connectivity index (χ0v) is 23.5. The quantitative estimate of drug-likeness (QED) is 0.320. The number of carbonyl (C=O) groups is 1. The summed E-state index contributed by atoms with van der Waals surface area (Å²) in [6.07, 6.45) is -8.71. The lowest BCUT2D eigenvalue weighted by Gasteiger charge is -2.45. The van der Waals surface area contributed by atoms with Crippen molar-refractivity contribution in [3.8, 4) is 0 Å². The van der Waals surface area contributed by atoms with E-state index < -0.39 is 46.6 Å². The molecule has 1 heterocycles. The van der Waals surface area contributed by atoms with Crippen LogP contribution in [0.4, 0.5) is 35.1 Å². The number of nitrogens with zero attached hydrogens (tertiary/aromatic N) is 2. The van der Waals surface area contributed by atoms with E-state index in [0.717, 1.165) is 35.4 Å². The Morgan fingerprint density at radius 1 is 0.744 bits per heavy atom. The van der Waals surface area contributed by atoms with E-state index in [1.807, 2.05) is 34.1 Å². The van der Waals surface area contributed by atoms with Crippen molar-refractivity contribution in [1.29, 1.82) is 0 Å². The number of hydrogen-bond donors (Lipinski definition) is 1. The summed E-state index contributed by atoms with van der Waals surface area (Å²) >= 11 is 0. The van der Waals surface area contributed by atoms with Gasteiger partial charge in [0.1, 0.15) is 17.2 Å². The Morgan fingerprint density at radius 3 is 1.74 bits per heavy atom. The zero-order valence-electron chi connectivity index (χ0n) is 22.7. The lowest BCUT2D eigenvalue weighted by Crippen LogP contribution is -2.64. The Kier molecular flexibility index (Phi) is 9.44. The van der Waals surface area contributed by atoms with Crippen molar-refractivity contribution in [3.05, 3.63) is 106 Å². The van der Waals surface area contributed by atoms with Gasteiger partial charge >= 0.3 is 12.4 Å². The summed E-state index contributed by atoms with van der Waals surface area (Å²) in [6.45, 7) is 1.32. The summed E-state index contributed by atoms with van der Waals surface area (Å²) < 4.78 is 107. The lowest BCUT2D eigenvalue weighted by atomic mass is 9.90. The van der Waals surface area contributed by atoms with Crippen LogP contribution in [-0.4, -0.2) is 47.4 Å². The highest BCUT2D eigenvalue weighted by molar-refractivity contribution is 5.88. The molecular weight excluding hydrogens is 606 g/mol. The molecule has 0 spiro atoms. The molecule has 3 aromatic rings. The SMILES string of the molecule is Cl.O=C(NCc1cc(F)cc(C(F)(F)F)c1)C1(N2CCN(Cc3cc(F)cc(C(F)(F)F)c3)CC2)Cc2ccccc2C1. The minimum Gasteiger partial charge on any atom is -0.350 e. The van der Waals surface area contributed by atoms with Gasteiger partial charge < -0.3 is 5.32 Å². The highest BCUT2D eigenvalue weighted by Crippen LogP contribution is 2.37. The van der Waals surface area contributed by atoms with Gasteiger partial charge in [0.25, 0.3) is 0 Å². The van der Waals surface area contributed by atoms with Gasteiger partial charge in [0.15, 0.2) is 0 Å². The third-order valence-corrected chi connectivity index (χ3v) is 7.91. The summed E-state index contributed by atoms with van der Waals surface area (Å²) in [6, 6.07) is 12.1. The second-order valence-electron chi connectivity index (χ2n) is 10.8. The van der Waals surface area contributed by atoms with E-state index in [4.69, 9.17) is 0 Å². The van der Waals surface area contributed by atoms with Crippen LogP contribution in [0.3, 0.4) is 0 Å². The number of nitrogens with one attached hydrogen (secondary N) is 1. The molecule has 0 bridgehead atoms. The lowest BCUT2D eigenvalue weighted by molar-refractivity contribution is -0.138. The number of alkyl halides is 6. The average Bonchev–Trinajstić information content (AvgIpc) is 3.31. The van der Waals surface area contributed by atoms with Crippen molar-refractivity contribution in [3.63, 3.8) is 0 Å². The summed E-state index contributed by atoms with van der Waals surface area (Å²) in [5, 5.41) is 2.72. The first-order valence-corrected chi connectivity index (χ1v) is 13.3. The van der Waals surface area contributed by atoms with E-state index in [1.54, 1.807) is 0 Å². The van der Waals surface area contributed by atoms with Gasteiger partial charge in [0.05, 0.1) is 11.1 Å². The van der Waals surface area contributed by atoms with Crippen molar-refractivity contribution in [1.82, 2.24) is 15.1 Å². The van der Waals surface area contributed by atoms with E-state index in [-0.39, 0.29) is 36.6 Å². The maximum atomic E-state index is 13.9. The Balaban J connectivity index is 0.00000423.